The number of rotatable bonds is 7. The molecule has 0 aliphatic heterocycles. The van der Waals surface area contributed by atoms with Crippen molar-refractivity contribution in [1.82, 2.24) is 20.1 Å². The molecule has 0 bridgehead atoms. The fraction of sp³-hybridized carbons (Fsp3) is 0.273. The Labute approximate surface area is 190 Å². The predicted octanol–water partition coefficient (Wildman–Crippen LogP) is 4.31. The van der Waals surface area contributed by atoms with Crippen LogP contribution in [0.3, 0.4) is 0 Å². The zero-order chi connectivity index (χ0) is 22.5. The number of aromatic nitrogens is 3. The van der Waals surface area contributed by atoms with Crippen LogP contribution in [-0.4, -0.2) is 32.3 Å². The van der Waals surface area contributed by atoms with Gasteiger partial charge in [-0.15, -0.1) is 10.2 Å². The third-order valence-electron chi connectivity index (χ3n) is 4.87. The van der Waals surface area contributed by atoms with Gasteiger partial charge >= 0.3 is 0 Å². The van der Waals surface area contributed by atoms with Gasteiger partial charge in [-0.25, -0.2) is 0 Å². The number of hydrogen-bond acceptors (Lipinski definition) is 5. The van der Waals surface area contributed by atoms with Crippen molar-refractivity contribution in [3.8, 4) is 0 Å². The number of benzene rings is 2. The minimum absolute atomic E-state index is 0.166. The molecule has 3 aromatic rings. The van der Waals surface area contributed by atoms with E-state index < -0.39 is 0 Å². The van der Waals surface area contributed by atoms with Gasteiger partial charge in [-0.3, -0.25) is 9.59 Å². The molecule has 0 aliphatic rings. The van der Waals surface area contributed by atoms with Crippen molar-refractivity contribution in [1.29, 1.82) is 0 Å². The first kappa shape index (κ1) is 22.8. The van der Waals surface area contributed by atoms with Crippen LogP contribution in [0.5, 0.6) is 0 Å². The third-order valence-corrected chi connectivity index (χ3v) is 6.30. The Morgan fingerprint density at radius 1 is 1.13 bits per heavy atom. The Morgan fingerprint density at radius 3 is 2.61 bits per heavy atom. The number of halogens is 1. The lowest BCUT2D eigenvalue weighted by atomic mass is 10.1. The standard InChI is InChI=1S/C22H24ClN5O2S/c1-13-8-5-6-9-16(13)21(30)24-15(3)20-26-27-22(28(20)4)31-12-19(29)25-18-11-7-10-17(23)14(18)2/h5-11,15H,12H2,1-4H3,(H,24,30)(H,25,29)/t15-/m1/s1. The van der Waals surface area contributed by atoms with Gasteiger partial charge in [-0.05, 0) is 50.1 Å². The SMILES string of the molecule is Cc1ccccc1C(=O)N[C@H](C)c1nnc(SCC(=O)Nc2cccc(Cl)c2C)n1C. The number of amides is 2. The number of nitrogens with zero attached hydrogens (tertiary/aromatic N) is 3. The predicted molar refractivity (Wildman–Crippen MR) is 124 cm³/mol. The van der Waals surface area contributed by atoms with E-state index in [0.29, 0.717) is 27.3 Å². The van der Waals surface area contributed by atoms with Gasteiger partial charge in [0.05, 0.1) is 11.8 Å². The summed E-state index contributed by atoms with van der Waals surface area (Å²) in [6.07, 6.45) is 0. The summed E-state index contributed by atoms with van der Waals surface area (Å²) >= 11 is 7.37. The van der Waals surface area contributed by atoms with Crippen LogP contribution in [0.15, 0.2) is 47.6 Å². The zero-order valence-electron chi connectivity index (χ0n) is 17.8. The van der Waals surface area contributed by atoms with Gasteiger partial charge in [0.2, 0.25) is 5.91 Å². The molecule has 0 unspecified atom stereocenters. The summed E-state index contributed by atoms with van der Waals surface area (Å²) in [5.74, 6) is 0.442. The van der Waals surface area contributed by atoms with Crippen molar-refractivity contribution < 1.29 is 9.59 Å². The van der Waals surface area contributed by atoms with Gasteiger partial charge in [0.1, 0.15) is 0 Å². The maximum Gasteiger partial charge on any atom is 0.252 e. The summed E-state index contributed by atoms with van der Waals surface area (Å²) in [5, 5.41) is 15.4. The molecule has 0 saturated carbocycles. The number of hydrogen-bond donors (Lipinski definition) is 2. The molecule has 1 atom stereocenters. The van der Waals surface area contributed by atoms with Crippen molar-refractivity contribution >= 4 is 40.9 Å². The van der Waals surface area contributed by atoms with E-state index in [2.05, 4.69) is 20.8 Å². The summed E-state index contributed by atoms with van der Waals surface area (Å²) in [7, 11) is 1.81. The Balaban J connectivity index is 1.60. The molecule has 0 spiro atoms. The van der Waals surface area contributed by atoms with Gasteiger partial charge in [-0.2, -0.15) is 0 Å². The maximum atomic E-state index is 12.6. The Bertz CT molecular complexity index is 1120. The third kappa shape index (κ3) is 5.45. The molecule has 3 rings (SSSR count). The topological polar surface area (TPSA) is 88.9 Å². The van der Waals surface area contributed by atoms with E-state index in [1.54, 1.807) is 22.8 Å². The molecule has 1 aromatic heterocycles. The Hall–Kier alpha value is -2.84. The van der Waals surface area contributed by atoms with Gasteiger partial charge in [0.25, 0.3) is 5.91 Å². The molecule has 162 valence electrons. The van der Waals surface area contributed by atoms with E-state index in [9.17, 15) is 9.59 Å². The first-order chi connectivity index (χ1) is 14.8. The van der Waals surface area contributed by atoms with Crippen LogP contribution in [0.4, 0.5) is 5.69 Å². The lowest BCUT2D eigenvalue weighted by Gasteiger charge is -2.14. The second-order valence-electron chi connectivity index (χ2n) is 7.16. The minimum Gasteiger partial charge on any atom is -0.342 e. The van der Waals surface area contributed by atoms with Crippen LogP contribution >= 0.6 is 23.4 Å². The summed E-state index contributed by atoms with van der Waals surface area (Å²) < 4.78 is 1.78. The number of thioether (sulfide) groups is 1. The zero-order valence-corrected chi connectivity index (χ0v) is 19.3. The van der Waals surface area contributed by atoms with Crippen LogP contribution in [-0.2, 0) is 11.8 Å². The number of carbonyl (C=O) groups excluding carboxylic acids is 2. The van der Waals surface area contributed by atoms with E-state index in [1.165, 1.54) is 11.8 Å². The first-order valence-electron chi connectivity index (χ1n) is 9.71. The molecule has 31 heavy (non-hydrogen) atoms. The largest absolute Gasteiger partial charge is 0.342 e. The monoisotopic (exact) mass is 457 g/mol. The fourth-order valence-corrected chi connectivity index (χ4v) is 3.95. The van der Waals surface area contributed by atoms with Gasteiger partial charge in [0.15, 0.2) is 11.0 Å². The van der Waals surface area contributed by atoms with E-state index in [-0.39, 0.29) is 23.6 Å². The molecule has 7 nitrogen and oxygen atoms in total. The highest BCUT2D eigenvalue weighted by molar-refractivity contribution is 7.99. The van der Waals surface area contributed by atoms with Crippen molar-refractivity contribution in [3.05, 3.63) is 70.0 Å². The molecule has 2 aromatic carbocycles. The minimum atomic E-state index is -0.345. The smallest absolute Gasteiger partial charge is 0.252 e. The fourth-order valence-electron chi connectivity index (χ4n) is 3.05. The van der Waals surface area contributed by atoms with Crippen LogP contribution in [0.1, 0.15) is 40.3 Å². The highest BCUT2D eigenvalue weighted by Crippen LogP contribution is 2.24. The summed E-state index contributed by atoms with van der Waals surface area (Å²) in [6.45, 7) is 5.60. The molecule has 1 heterocycles. The van der Waals surface area contributed by atoms with Crippen molar-refractivity contribution in [3.63, 3.8) is 0 Å². The van der Waals surface area contributed by atoms with Crippen LogP contribution in [0.25, 0.3) is 0 Å². The Morgan fingerprint density at radius 2 is 1.87 bits per heavy atom. The first-order valence-corrected chi connectivity index (χ1v) is 11.1. The number of aryl methyl sites for hydroxylation is 1. The van der Waals surface area contributed by atoms with Gasteiger partial charge in [-0.1, -0.05) is 47.6 Å². The highest BCUT2D eigenvalue weighted by Gasteiger charge is 2.19. The molecule has 0 radical (unpaired) electrons. The van der Waals surface area contributed by atoms with Crippen LogP contribution in [0, 0.1) is 13.8 Å². The van der Waals surface area contributed by atoms with E-state index in [1.807, 2.05) is 52.1 Å². The second-order valence-corrected chi connectivity index (χ2v) is 8.51. The summed E-state index contributed by atoms with van der Waals surface area (Å²) in [6, 6.07) is 12.4. The average Bonchev–Trinajstić information content (AvgIpc) is 3.10. The maximum absolute atomic E-state index is 12.6. The lowest BCUT2D eigenvalue weighted by Crippen LogP contribution is -2.29. The Kier molecular flexibility index (Phi) is 7.35. The summed E-state index contributed by atoms with van der Waals surface area (Å²) in [5.41, 5.74) is 3.03. The van der Waals surface area contributed by atoms with E-state index in [4.69, 9.17) is 11.6 Å². The number of anilines is 1. The van der Waals surface area contributed by atoms with Gasteiger partial charge < -0.3 is 15.2 Å². The second kappa shape index (κ2) is 9.98. The van der Waals surface area contributed by atoms with Crippen molar-refractivity contribution in [2.24, 2.45) is 7.05 Å². The van der Waals surface area contributed by atoms with Crippen molar-refractivity contribution in [2.75, 3.05) is 11.1 Å². The number of nitrogens with one attached hydrogen (secondary N) is 2. The molecule has 0 fully saturated rings. The van der Waals surface area contributed by atoms with Crippen molar-refractivity contribution in [2.45, 2.75) is 32.0 Å². The van der Waals surface area contributed by atoms with Gasteiger partial charge in [0, 0.05) is 23.3 Å². The molecule has 9 heteroatoms. The molecular formula is C22H24ClN5O2S. The molecule has 0 aliphatic carbocycles. The molecule has 2 amide bonds. The normalized spacial score (nSPS) is 11.8. The molecule has 0 saturated heterocycles. The number of carbonyl (C=O) groups is 2. The molecule has 2 N–H and O–H groups in total. The average molecular weight is 458 g/mol. The van der Waals surface area contributed by atoms with Crippen LogP contribution < -0.4 is 10.6 Å². The lowest BCUT2D eigenvalue weighted by molar-refractivity contribution is -0.113. The van der Waals surface area contributed by atoms with Crippen LogP contribution in [0.2, 0.25) is 5.02 Å². The van der Waals surface area contributed by atoms with E-state index >= 15 is 0 Å². The molecular weight excluding hydrogens is 434 g/mol. The quantitative estimate of drug-likeness (QED) is 0.516. The summed E-state index contributed by atoms with van der Waals surface area (Å²) in [4.78, 5) is 24.9. The van der Waals surface area contributed by atoms with E-state index in [0.717, 1.165) is 11.1 Å². The highest BCUT2D eigenvalue weighted by atomic mass is 35.5.